The van der Waals surface area contributed by atoms with Crippen molar-refractivity contribution in [2.45, 2.75) is 27.7 Å². The van der Waals surface area contributed by atoms with Crippen LogP contribution in [-0.2, 0) is 0 Å². The largest absolute Gasteiger partial charge is 0.283 e. The smallest absolute Gasteiger partial charge is 0.0841 e. The van der Waals surface area contributed by atoms with Gasteiger partial charge in [0.05, 0.1) is 22.1 Å². The van der Waals surface area contributed by atoms with Crippen LogP contribution < -0.4 is 0 Å². The van der Waals surface area contributed by atoms with E-state index in [2.05, 4.69) is 20.4 Å². The predicted octanol–water partition coefficient (Wildman–Crippen LogP) is 2.71. The molecule has 2 rings (SSSR count). The lowest BCUT2D eigenvalue weighted by Crippen LogP contribution is -1.68. The third-order valence-corrected chi connectivity index (χ3v) is 2.43. The Morgan fingerprint density at radius 1 is 1.07 bits per heavy atom. The molecule has 0 bridgehead atoms. The summed E-state index contributed by atoms with van der Waals surface area (Å²) in [5, 5.41) is 14.1. The minimum atomic E-state index is 0.741. The number of nitrogens with zero attached hydrogens (tertiary/aromatic N) is 2. The highest BCUT2D eigenvalue weighted by molar-refractivity contribution is 6.31. The average Bonchev–Trinajstić information content (AvgIpc) is 2.68. The van der Waals surface area contributed by atoms with Crippen LogP contribution in [-0.4, -0.2) is 20.4 Å². The second-order valence-electron chi connectivity index (χ2n) is 3.44. The molecule has 2 N–H and O–H groups in total. The number of halogens is 1. The number of hydrogen-bond acceptors (Lipinski definition) is 2. The minimum Gasteiger partial charge on any atom is -0.283 e. The van der Waals surface area contributed by atoms with Crippen LogP contribution in [0.2, 0.25) is 5.02 Å². The third kappa shape index (κ3) is 3.40. The van der Waals surface area contributed by atoms with Gasteiger partial charge < -0.3 is 0 Å². The van der Waals surface area contributed by atoms with Gasteiger partial charge in [-0.2, -0.15) is 10.2 Å². The summed E-state index contributed by atoms with van der Waals surface area (Å²) in [7, 11) is 0. The van der Waals surface area contributed by atoms with Crippen molar-refractivity contribution in [3.8, 4) is 0 Å². The Labute approximate surface area is 94.1 Å². The number of aromatic amines is 2. The first-order chi connectivity index (χ1) is 7.00. The molecule has 0 aliphatic rings. The van der Waals surface area contributed by atoms with E-state index >= 15 is 0 Å². The van der Waals surface area contributed by atoms with E-state index in [0.717, 1.165) is 27.8 Å². The van der Waals surface area contributed by atoms with Crippen LogP contribution in [0.4, 0.5) is 0 Å². The maximum absolute atomic E-state index is 5.70. The van der Waals surface area contributed by atoms with Crippen LogP contribution in [0.1, 0.15) is 22.8 Å². The number of H-pyrrole nitrogens is 2. The molecular weight excluding hydrogens is 212 g/mol. The molecule has 2 aromatic rings. The minimum absolute atomic E-state index is 0.741. The molecule has 4 nitrogen and oxygen atoms in total. The quantitative estimate of drug-likeness (QED) is 0.726. The molecule has 2 aromatic heterocycles. The molecule has 82 valence electrons. The number of aromatic nitrogens is 4. The summed E-state index contributed by atoms with van der Waals surface area (Å²) in [5.74, 6) is 0. The topological polar surface area (TPSA) is 57.4 Å². The zero-order valence-corrected chi connectivity index (χ0v) is 10.1. The highest BCUT2D eigenvalue weighted by atomic mass is 35.5. The molecule has 0 radical (unpaired) electrons. The van der Waals surface area contributed by atoms with Crippen LogP contribution in [0.25, 0.3) is 0 Å². The van der Waals surface area contributed by atoms with Crippen LogP contribution >= 0.6 is 11.6 Å². The van der Waals surface area contributed by atoms with E-state index in [1.807, 2.05) is 33.8 Å². The molecule has 0 unspecified atom stereocenters. The lowest BCUT2D eigenvalue weighted by atomic mass is 10.4. The fourth-order valence-electron chi connectivity index (χ4n) is 1.09. The van der Waals surface area contributed by atoms with Crippen molar-refractivity contribution >= 4 is 11.6 Å². The van der Waals surface area contributed by atoms with Crippen LogP contribution in [0.15, 0.2) is 6.07 Å². The van der Waals surface area contributed by atoms with Gasteiger partial charge in [-0.1, -0.05) is 11.6 Å². The van der Waals surface area contributed by atoms with E-state index in [1.54, 1.807) is 0 Å². The van der Waals surface area contributed by atoms with Crippen molar-refractivity contribution in [2.24, 2.45) is 0 Å². The second-order valence-corrected chi connectivity index (χ2v) is 3.82. The van der Waals surface area contributed by atoms with E-state index in [9.17, 15) is 0 Å². The molecule has 0 aliphatic carbocycles. The van der Waals surface area contributed by atoms with Crippen LogP contribution in [0, 0.1) is 27.7 Å². The van der Waals surface area contributed by atoms with Gasteiger partial charge in [-0.3, -0.25) is 10.2 Å². The first-order valence-electron chi connectivity index (χ1n) is 4.66. The van der Waals surface area contributed by atoms with Gasteiger partial charge >= 0.3 is 0 Å². The van der Waals surface area contributed by atoms with Crippen molar-refractivity contribution in [3.05, 3.63) is 33.9 Å². The predicted molar refractivity (Wildman–Crippen MR) is 61.1 cm³/mol. The normalized spacial score (nSPS) is 9.67. The highest BCUT2D eigenvalue weighted by Crippen LogP contribution is 2.14. The van der Waals surface area contributed by atoms with Crippen LogP contribution in [0.3, 0.4) is 0 Å². The molecular formula is C10H15ClN4. The Bertz CT molecular complexity index is 394. The van der Waals surface area contributed by atoms with E-state index in [1.165, 1.54) is 0 Å². The van der Waals surface area contributed by atoms with Crippen molar-refractivity contribution in [1.29, 1.82) is 0 Å². The van der Waals surface area contributed by atoms with Gasteiger partial charge in [-0.05, 0) is 33.8 Å². The molecule has 15 heavy (non-hydrogen) atoms. The second kappa shape index (κ2) is 4.98. The summed E-state index contributed by atoms with van der Waals surface area (Å²) in [5.41, 5.74) is 3.98. The fraction of sp³-hybridized carbons (Fsp3) is 0.400. The van der Waals surface area contributed by atoms with Gasteiger partial charge in [0.1, 0.15) is 0 Å². The van der Waals surface area contributed by atoms with Crippen molar-refractivity contribution < 1.29 is 0 Å². The van der Waals surface area contributed by atoms with Gasteiger partial charge in [-0.25, -0.2) is 0 Å². The zero-order valence-electron chi connectivity index (χ0n) is 9.35. The number of rotatable bonds is 0. The molecule has 0 saturated carbocycles. The fourth-order valence-corrected chi connectivity index (χ4v) is 1.18. The SMILES string of the molecule is Cc1cc(C)[nH]n1.Cc1n[nH]c(C)c1Cl. The Hall–Kier alpha value is -1.29. The molecule has 2 heterocycles. The lowest BCUT2D eigenvalue weighted by Gasteiger charge is -1.80. The number of aryl methyl sites for hydroxylation is 4. The van der Waals surface area contributed by atoms with Crippen molar-refractivity contribution in [3.63, 3.8) is 0 Å². The molecule has 0 aliphatic heterocycles. The summed E-state index contributed by atoms with van der Waals surface area (Å²) in [6.45, 7) is 7.71. The standard InChI is InChI=1S/C5H7ClN2.C5H8N2/c1-3-5(6)4(2)8-7-3;1-4-3-5(2)7-6-4/h1-2H3,(H,7,8);3H,1-2H3,(H,6,7). The molecule has 0 saturated heterocycles. The summed E-state index contributed by atoms with van der Waals surface area (Å²) >= 11 is 5.70. The monoisotopic (exact) mass is 226 g/mol. The van der Waals surface area contributed by atoms with E-state index in [4.69, 9.17) is 11.6 Å². The summed E-state index contributed by atoms with van der Waals surface area (Å²) in [4.78, 5) is 0. The zero-order chi connectivity index (χ0) is 11.4. The molecule has 0 fully saturated rings. The average molecular weight is 227 g/mol. The highest BCUT2D eigenvalue weighted by Gasteiger charge is 1.99. The van der Waals surface area contributed by atoms with Gasteiger partial charge in [0.25, 0.3) is 0 Å². The van der Waals surface area contributed by atoms with Gasteiger partial charge in [-0.15, -0.1) is 0 Å². The first-order valence-corrected chi connectivity index (χ1v) is 5.04. The molecule has 0 amide bonds. The van der Waals surface area contributed by atoms with E-state index < -0.39 is 0 Å². The van der Waals surface area contributed by atoms with Crippen molar-refractivity contribution in [1.82, 2.24) is 20.4 Å². The van der Waals surface area contributed by atoms with E-state index in [-0.39, 0.29) is 0 Å². The Morgan fingerprint density at radius 2 is 1.73 bits per heavy atom. The van der Waals surface area contributed by atoms with Gasteiger partial charge in [0.15, 0.2) is 0 Å². The van der Waals surface area contributed by atoms with Gasteiger partial charge in [0, 0.05) is 5.69 Å². The maximum Gasteiger partial charge on any atom is 0.0841 e. The molecule has 5 heteroatoms. The van der Waals surface area contributed by atoms with Crippen LogP contribution in [0.5, 0.6) is 0 Å². The summed E-state index contributed by atoms with van der Waals surface area (Å²) in [6.07, 6.45) is 0. The third-order valence-electron chi connectivity index (χ3n) is 1.87. The van der Waals surface area contributed by atoms with Gasteiger partial charge in [0.2, 0.25) is 0 Å². The van der Waals surface area contributed by atoms with Crippen molar-refractivity contribution in [2.75, 3.05) is 0 Å². The number of nitrogens with one attached hydrogen (secondary N) is 2. The number of hydrogen-bond donors (Lipinski definition) is 2. The lowest BCUT2D eigenvalue weighted by molar-refractivity contribution is 1.02. The molecule has 0 spiro atoms. The Balaban J connectivity index is 0.000000151. The first kappa shape index (κ1) is 11.8. The molecule has 0 aromatic carbocycles. The molecule has 0 atom stereocenters. The summed E-state index contributed by atoms with van der Waals surface area (Å²) in [6, 6.07) is 2.00. The Kier molecular flexibility index (Phi) is 3.91. The van der Waals surface area contributed by atoms with E-state index in [0.29, 0.717) is 0 Å². The maximum atomic E-state index is 5.70. The Morgan fingerprint density at radius 3 is 1.87 bits per heavy atom. The summed E-state index contributed by atoms with van der Waals surface area (Å²) < 4.78 is 0.